The predicted octanol–water partition coefficient (Wildman–Crippen LogP) is 3.97. The maximum Gasteiger partial charge on any atom is 0.254 e. The number of likely N-dealkylation sites (N-methyl/N-ethyl adjacent to an activating group) is 1. The SMILES string of the molecule is CCCOc1c(Br)cc(C(=O)N(C)CC(=O)Nc2ccc(OC)cc2)cc1OC. The summed E-state index contributed by atoms with van der Waals surface area (Å²) < 4.78 is 16.7. The molecule has 0 saturated heterocycles. The average molecular weight is 465 g/mol. The van der Waals surface area contributed by atoms with Crippen LogP contribution in [0.2, 0.25) is 0 Å². The fraction of sp³-hybridized carbons (Fsp3) is 0.333. The van der Waals surface area contributed by atoms with Gasteiger partial charge in [-0.25, -0.2) is 0 Å². The molecule has 0 aliphatic carbocycles. The first-order valence-electron chi connectivity index (χ1n) is 9.09. The molecule has 2 aromatic carbocycles. The van der Waals surface area contributed by atoms with E-state index in [1.54, 1.807) is 50.6 Å². The third-order valence-electron chi connectivity index (χ3n) is 4.03. The second-order valence-electron chi connectivity index (χ2n) is 6.28. The van der Waals surface area contributed by atoms with Gasteiger partial charge in [0.15, 0.2) is 11.5 Å². The van der Waals surface area contributed by atoms with E-state index in [9.17, 15) is 9.59 Å². The largest absolute Gasteiger partial charge is 0.497 e. The minimum absolute atomic E-state index is 0.0983. The summed E-state index contributed by atoms with van der Waals surface area (Å²) in [6.45, 7) is 2.44. The van der Waals surface area contributed by atoms with Gasteiger partial charge >= 0.3 is 0 Å². The Kier molecular flexibility index (Phi) is 8.33. The van der Waals surface area contributed by atoms with Crippen molar-refractivity contribution in [1.29, 1.82) is 0 Å². The molecule has 7 nitrogen and oxygen atoms in total. The van der Waals surface area contributed by atoms with E-state index in [-0.39, 0.29) is 18.4 Å². The van der Waals surface area contributed by atoms with Crippen LogP contribution in [0.15, 0.2) is 40.9 Å². The minimum atomic E-state index is -0.309. The molecule has 2 aromatic rings. The lowest BCUT2D eigenvalue weighted by Crippen LogP contribution is -2.35. The number of carbonyl (C=O) groups excluding carboxylic acids is 2. The van der Waals surface area contributed by atoms with Gasteiger partial charge in [-0.1, -0.05) is 6.92 Å². The minimum Gasteiger partial charge on any atom is -0.497 e. The van der Waals surface area contributed by atoms with Crippen LogP contribution in [-0.2, 0) is 4.79 Å². The molecule has 2 rings (SSSR count). The highest BCUT2D eigenvalue weighted by Gasteiger charge is 2.20. The van der Waals surface area contributed by atoms with Crippen LogP contribution in [-0.4, -0.2) is 51.1 Å². The second-order valence-corrected chi connectivity index (χ2v) is 7.13. The van der Waals surface area contributed by atoms with Crippen molar-refractivity contribution in [2.24, 2.45) is 0 Å². The summed E-state index contributed by atoms with van der Waals surface area (Å²) >= 11 is 3.43. The Hall–Kier alpha value is -2.74. The molecule has 0 radical (unpaired) electrons. The number of carbonyl (C=O) groups is 2. The molecular formula is C21H25BrN2O5. The summed E-state index contributed by atoms with van der Waals surface area (Å²) in [7, 11) is 4.66. The molecule has 8 heteroatoms. The molecule has 0 fully saturated rings. The number of hydrogen-bond acceptors (Lipinski definition) is 5. The number of halogens is 1. The standard InChI is InChI=1S/C21H25BrN2O5/c1-5-10-29-20-17(22)11-14(12-18(20)28-4)21(26)24(2)13-19(25)23-15-6-8-16(27-3)9-7-15/h6-9,11-12H,5,10,13H2,1-4H3,(H,23,25). The first-order chi connectivity index (χ1) is 13.9. The van der Waals surface area contributed by atoms with Gasteiger partial charge in [0.25, 0.3) is 5.91 Å². The van der Waals surface area contributed by atoms with Crippen LogP contribution in [0.4, 0.5) is 5.69 Å². The second kappa shape index (κ2) is 10.7. The number of benzene rings is 2. The van der Waals surface area contributed by atoms with Crippen molar-refractivity contribution in [3.8, 4) is 17.2 Å². The van der Waals surface area contributed by atoms with Crippen LogP contribution in [0, 0.1) is 0 Å². The van der Waals surface area contributed by atoms with E-state index in [0.29, 0.717) is 39.6 Å². The number of hydrogen-bond donors (Lipinski definition) is 1. The van der Waals surface area contributed by atoms with Gasteiger partial charge in [0, 0.05) is 18.3 Å². The first kappa shape index (κ1) is 22.5. The molecule has 0 aliphatic heterocycles. The Bertz CT molecular complexity index is 855. The summed E-state index contributed by atoms with van der Waals surface area (Å²) in [5, 5.41) is 2.75. The maximum absolute atomic E-state index is 12.8. The molecule has 156 valence electrons. The number of ether oxygens (including phenoxy) is 3. The number of anilines is 1. The molecule has 0 aliphatic rings. The number of nitrogens with zero attached hydrogens (tertiary/aromatic N) is 1. The van der Waals surface area contributed by atoms with E-state index in [1.165, 1.54) is 12.0 Å². The van der Waals surface area contributed by atoms with Gasteiger partial charge in [0.1, 0.15) is 5.75 Å². The quantitative estimate of drug-likeness (QED) is 0.607. The van der Waals surface area contributed by atoms with E-state index in [1.807, 2.05) is 6.92 Å². The normalized spacial score (nSPS) is 10.2. The first-order valence-corrected chi connectivity index (χ1v) is 9.88. The molecular weight excluding hydrogens is 440 g/mol. The predicted molar refractivity (Wildman–Crippen MR) is 115 cm³/mol. The number of nitrogens with one attached hydrogen (secondary N) is 1. The summed E-state index contributed by atoms with van der Waals surface area (Å²) in [6, 6.07) is 10.2. The van der Waals surface area contributed by atoms with Crippen LogP contribution in [0.1, 0.15) is 23.7 Å². The average Bonchev–Trinajstić information content (AvgIpc) is 2.72. The smallest absolute Gasteiger partial charge is 0.254 e. The van der Waals surface area contributed by atoms with Crippen molar-refractivity contribution >= 4 is 33.4 Å². The molecule has 2 amide bonds. The van der Waals surface area contributed by atoms with E-state index < -0.39 is 0 Å². The monoisotopic (exact) mass is 464 g/mol. The third kappa shape index (κ3) is 6.12. The van der Waals surface area contributed by atoms with Crippen molar-refractivity contribution in [1.82, 2.24) is 4.90 Å². The molecule has 29 heavy (non-hydrogen) atoms. The van der Waals surface area contributed by atoms with Gasteiger partial charge < -0.3 is 24.4 Å². The molecule has 1 N–H and O–H groups in total. The Morgan fingerprint density at radius 2 is 1.79 bits per heavy atom. The van der Waals surface area contributed by atoms with Gasteiger partial charge in [-0.05, 0) is 58.7 Å². The van der Waals surface area contributed by atoms with Crippen LogP contribution < -0.4 is 19.5 Å². The zero-order valence-corrected chi connectivity index (χ0v) is 18.5. The zero-order chi connectivity index (χ0) is 21.4. The van der Waals surface area contributed by atoms with Gasteiger partial charge in [0.2, 0.25) is 5.91 Å². The molecule has 0 atom stereocenters. The summed E-state index contributed by atoms with van der Waals surface area (Å²) in [6.07, 6.45) is 0.850. The molecule has 0 spiro atoms. The summed E-state index contributed by atoms with van der Waals surface area (Å²) in [5.74, 6) is 1.08. The van der Waals surface area contributed by atoms with Gasteiger partial charge in [-0.15, -0.1) is 0 Å². The molecule has 0 bridgehead atoms. The van der Waals surface area contributed by atoms with Crippen LogP contribution in [0.5, 0.6) is 17.2 Å². The Labute approximate surface area is 179 Å². The summed E-state index contributed by atoms with van der Waals surface area (Å²) in [4.78, 5) is 26.4. The number of amides is 2. The van der Waals surface area contributed by atoms with Gasteiger partial charge in [-0.2, -0.15) is 0 Å². The number of methoxy groups -OCH3 is 2. The van der Waals surface area contributed by atoms with Crippen molar-refractivity contribution in [3.05, 3.63) is 46.4 Å². The van der Waals surface area contributed by atoms with E-state index in [2.05, 4.69) is 21.2 Å². The Morgan fingerprint density at radius 3 is 2.38 bits per heavy atom. The molecule has 0 unspecified atom stereocenters. The fourth-order valence-electron chi connectivity index (χ4n) is 2.57. The topological polar surface area (TPSA) is 77.1 Å². The fourth-order valence-corrected chi connectivity index (χ4v) is 3.13. The number of rotatable bonds is 9. The lowest BCUT2D eigenvalue weighted by atomic mass is 10.1. The molecule has 0 saturated carbocycles. The Morgan fingerprint density at radius 1 is 1.10 bits per heavy atom. The van der Waals surface area contributed by atoms with Crippen molar-refractivity contribution < 1.29 is 23.8 Å². The molecule has 0 aromatic heterocycles. The lowest BCUT2D eigenvalue weighted by Gasteiger charge is -2.19. The van der Waals surface area contributed by atoms with Crippen molar-refractivity contribution in [3.63, 3.8) is 0 Å². The van der Waals surface area contributed by atoms with Crippen LogP contribution in [0.3, 0.4) is 0 Å². The lowest BCUT2D eigenvalue weighted by molar-refractivity contribution is -0.116. The Balaban J connectivity index is 2.06. The van der Waals surface area contributed by atoms with Crippen molar-refractivity contribution in [2.45, 2.75) is 13.3 Å². The van der Waals surface area contributed by atoms with Crippen LogP contribution in [0.25, 0.3) is 0 Å². The summed E-state index contributed by atoms with van der Waals surface area (Å²) in [5.41, 5.74) is 1.01. The van der Waals surface area contributed by atoms with Crippen molar-refractivity contribution in [2.75, 3.05) is 39.7 Å². The highest BCUT2D eigenvalue weighted by atomic mass is 79.9. The van der Waals surface area contributed by atoms with Crippen LogP contribution >= 0.6 is 15.9 Å². The highest BCUT2D eigenvalue weighted by molar-refractivity contribution is 9.10. The molecule has 0 heterocycles. The van der Waals surface area contributed by atoms with E-state index in [0.717, 1.165) is 6.42 Å². The third-order valence-corrected chi connectivity index (χ3v) is 4.62. The van der Waals surface area contributed by atoms with Gasteiger partial charge in [0.05, 0.1) is 31.8 Å². The highest BCUT2D eigenvalue weighted by Crippen LogP contribution is 2.37. The van der Waals surface area contributed by atoms with Gasteiger partial charge in [-0.3, -0.25) is 9.59 Å². The van der Waals surface area contributed by atoms with E-state index in [4.69, 9.17) is 14.2 Å². The van der Waals surface area contributed by atoms with E-state index >= 15 is 0 Å². The maximum atomic E-state index is 12.8. The zero-order valence-electron chi connectivity index (χ0n) is 17.0.